The fourth-order valence-electron chi connectivity index (χ4n) is 2.70. The number of H-pyrrole nitrogens is 1. The fraction of sp³-hybridized carbons (Fsp3) is 0.600. The molecule has 0 aliphatic carbocycles. The molecule has 8 heteroatoms. The van der Waals surface area contributed by atoms with Crippen molar-refractivity contribution in [3.63, 3.8) is 0 Å². The molecule has 3 rings (SSSR count). The molecule has 3 heterocycles. The Morgan fingerprint density at radius 3 is 2.78 bits per heavy atom. The summed E-state index contributed by atoms with van der Waals surface area (Å²) in [5.41, 5.74) is 0.407. The lowest BCUT2D eigenvalue weighted by Gasteiger charge is -2.33. The molecule has 0 spiro atoms. The number of hydrogen-bond acceptors (Lipinski definition) is 6. The number of nitrogens with zero attached hydrogens (tertiary/aromatic N) is 5. The lowest BCUT2D eigenvalue weighted by atomic mass is 10.1. The van der Waals surface area contributed by atoms with Crippen LogP contribution in [-0.4, -0.2) is 62.2 Å². The van der Waals surface area contributed by atoms with Crippen molar-refractivity contribution in [2.75, 3.05) is 26.2 Å². The third-order valence-electron chi connectivity index (χ3n) is 3.89. The first-order chi connectivity index (χ1) is 11.1. The minimum Gasteiger partial charge on any atom is -0.361 e. The maximum Gasteiger partial charge on any atom is 0.276 e. The molecule has 1 fully saturated rings. The zero-order valence-corrected chi connectivity index (χ0v) is 13.5. The molecule has 124 valence electrons. The molecule has 1 aliphatic rings. The number of carbonyl (C=O) groups excluding carboxylic acids is 1. The molecule has 1 amide bonds. The van der Waals surface area contributed by atoms with Crippen molar-refractivity contribution in [3.8, 4) is 0 Å². The van der Waals surface area contributed by atoms with Crippen molar-refractivity contribution >= 4 is 5.91 Å². The van der Waals surface area contributed by atoms with Gasteiger partial charge in [-0.05, 0) is 5.92 Å². The second-order valence-electron chi connectivity index (χ2n) is 6.28. The Hall–Kier alpha value is -2.22. The van der Waals surface area contributed by atoms with Crippen molar-refractivity contribution in [3.05, 3.63) is 29.7 Å². The Kier molecular flexibility index (Phi) is 4.71. The number of amides is 1. The van der Waals surface area contributed by atoms with Gasteiger partial charge in [-0.2, -0.15) is 5.10 Å². The SMILES string of the molecule is CC(C)Cc1cc(C(=O)N2CCN(Cc3ncn[nH]3)CC2)no1. The van der Waals surface area contributed by atoms with Crippen LogP contribution in [0.25, 0.3) is 0 Å². The largest absolute Gasteiger partial charge is 0.361 e. The topological polar surface area (TPSA) is 91.2 Å². The number of hydrogen-bond donors (Lipinski definition) is 1. The Balaban J connectivity index is 1.52. The monoisotopic (exact) mass is 318 g/mol. The predicted molar refractivity (Wildman–Crippen MR) is 82.6 cm³/mol. The molecule has 0 aromatic carbocycles. The van der Waals surface area contributed by atoms with Crippen molar-refractivity contribution in [2.24, 2.45) is 5.92 Å². The van der Waals surface area contributed by atoms with E-state index in [0.29, 0.717) is 24.7 Å². The molecule has 8 nitrogen and oxygen atoms in total. The number of aromatic nitrogens is 4. The number of rotatable bonds is 5. The molecule has 0 atom stereocenters. The average Bonchev–Trinajstić information content (AvgIpc) is 3.19. The van der Waals surface area contributed by atoms with Gasteiger partial charge in [0.15, 0.2) is 5.69 Å². The molecule has 0 radical (unpaired) electrons. The van der Waals surface area contributed by atoms with Gasteiger partial charge >= 0.3 is 0 Å². The van der Waals surface area contributed by atoms with Gasteiger partial charge in [0.25, 0.3) is 5.91 Å². The van der Waals surface area contributed by atoms with E-state index in [1.54, 1.807) is 6.07 Å². The maximum atomic E-state index is 12.5. The highest BCUT2D eigenvalue weighted by Crippen LogP contribution is 2.13. The first-order valence-corrected chi connectivity index (χ1v) is 7.93. The molecule has 2 aromatic rings. The first-order valence-electron chi connectivity index (χ1n) is 7.93. The van der Waals surface area contributed by atoms with Gasteiger partial charge in [-0.1, -0.05) is 19.0 Å². The van der Waals surface area contributed by atoms with Crippen LogP contribution in [-0.2, 0) is 13.0 Å². The second kappa shape index (κ2) is 6.91. The molecular weight excluding hydrogens is 296 g/mol. The molecule has 1 aliphatic heterocycles. The van der Waals surface area contributed by atoms with Crippen LogP contribution in [0.5, 0.6) is 0 Å². The lowest BCUT2D eigenvalue weighted by Crippen LogP contribution is -2.48. The molecule has 23 heavy (non-hydrogen) atoms. The Bertz CT molecular complexity index is 628. The zero-order valence-electron chi connectivity index (χ0n) is 13.5. The van der Waals surface area contributed by atoms with Crippen LogP contribution in [0.3, 0.4) is 0 Å². The summed E-state index contributed by atoms with van der Waals surface area (Å²) >= 11 is 0. The average molecular weight is 318 g/mol. The van der Waals surface area contributed by atoms with E-state index in [9.17, 15) is 4.79 Å². The highest BCUT2D eigenvalue weighted by atomic mass is 16.5. The van der Waals surface area contributed by atoms with Gasteiger partial charge in [-0.25, -0.2) is 4.98 Å². The van der Waals surface area contributed by atoms with Gasteiger partial charge in [-0.15, -0.1) is 0 Å². The van der Waals surface area contributed by atoms with Gasteiger partial charge in [0.2, 0.25) is 0 Å². The fourth-order valence-corrected chi connectivity index (χ4v) is 2.70. The molecule has 0 bridgehead atoms. The van der Waals surface area contributed by atoms with Gasteiger partial charge in [0.1, 0.15) is 17.9 Å². The molecule has 1 saturated heterocycles. The van der Waals surface area contributed by atoms with E-state index >= 15 is 0 Å². The summed E-state index contributed by atoms with van der Waals surface area (Å²) in [4.78, 5) is 20.7. The van der Waals surface area contributed by atoms with E-state index in [2.05, 4.69) is 39.1 Å². The zero-order chi connectivity index (χ0) is 16.2. The van der Waals surface area contributed by atoms with E-state index in [4.69, 9.17) is 4.52 Å². The van der Waals surface area contributed by atoms with Crippen LogP contribution in [0.15, 0.2) is 16.9 Å². The van der Waals surface area contributed by atoms with Crippen molar-refractivity contribution in [1.82, 2.24) is 30.1 Å². The summed E-state index contributed by atoms with van der Waals surface area (Å²) < 4.78 is 5.25. The quantitative estimate of drug-likeness (QED) is 0.882. The molecule has 2 aromatic heterocycles. The lowest BCUT2D eigenvalue weighted by molar-refractivity contribution is 0.0615. The van der Waals surface area contributed by atoms with Crippen LogP contribution < -0.4 is 0 Å². The van der Waals surface area contributed by atoms with Gasteiger partial charge < -0.3 is 9.42 Å². The van der Waals surface area contributed by atoms with Crippen LogP contribution in [0.1, 0.15) is 35.9 Å². The van der Waals surface area contributed by atoms with E-state index in [1.165, 1.54) is 6.33 Å². The molecule has 0 saturated carbocycles. The first kappa shape index (κ1) is 15.7. The standard InChI is InChI=1S/C15H22N6O2/c1-11(2)7-12-8-13(19-23-12)15(22)21-5-3-20(4-6-21)9-14-16-10-17-18-14/h8,10-11H,3-7,9H2,1-2H3,(H,16,17,18). The number of aromatic amines is 1. The van der Waals surface area contributed by atoms with Crippen molar-refractivity contribution in [2.45, 2.75) is 26.8 Å². The van der Waals surface area contributed by atoms with E-state index in [0.717, 1.165) is 37.6 Å². The van der Waals surface area contributed by atoms with Crippen LogP contribution >= 0.6 is 0 Å². The number of nitrogens with one attached hydrogen (secondary N) is 1. The minimum absolute atomic E-state index is 0.0527. The summed E-state index contributed by atoms with van der Waals surface area (Å²) in [7, 11) is 0. The van der Waals surface area contributed by atoms with Crippen molar-refractivity contribution in [1.29, 1.82) is 0 Å². The van der Waals surface area contributed by atoms with Crippen LogP contribution in [0, 0.1) is 5.92 Å². The maximum absolute atomic E-state index is 12.5. The third kappa shape index (κ3) is 3.95. The highest BCUT2D eigenvalue weighted by molar-refractivity contribution is 5.92. The van der Waals surface area contributed by atoms with Crippen molar-refractivity contribution < 1.29 is 9.32 Å². The van der Waals surface area contributed by atoms with E-state index in [1.807, 2.05) is 4.90 Å². The number of piperazine rings is 1. The summed E-state index contributed by atoms with van der Waals surface area (Å²) in [6, 6.07) is 1.77. The molecule has 0 unspecified atom stereocenters. The van der Waals surface area contributed by atoms with Crippen LogP contribution in [0.2, 0.25) is 0 Å². The predicted octanol–water partition coefficient (Wildman–Crippen LogP) is 0.949. The third-order valence-corrected chi connectivity index (χ3v) is 3.89. The van der Waals surface area contributed by atoms with E-state index < -0.39 is 0 Å². The Labute approximate surface area is 134 Å². The normalized spacial score (nSPS) is 16.2. The molecule has 1 N–H and O–H groups in total. The van der Waals surface area contributed by atoms with Gasteiger partial charge in [0, 0.05) is 38.7 Å². The highest BCUT2D eigenvalue weighted by Gasteiger charge is 2.25. The summed E-state index contributed by atoms with van der Waals surface area (Å²) in [5, 5.41) is 10.6. The van der Waals surface area contributed by atoms with E-state index in [-0.39, 0.29) is 5.91 Å². The summed E-state index contributed by atoms with van der Waals surface area (Å²) in [6.45, 7) is 7.92. The molecular formula is C15H22N6O2. The summed E-state index contributed by atoms with van der Waals surface area (Å²) in [6.07, 6.45) is 2.31. The van der Waals surface area contributed by atoms with Crippen LogP contribution in [0.4, 0.5) is 0 Å². The smallest absolute Gasteiger partial charge is 0.276 e. The minimum atomic E-state index is -0.0527. The van der Waals surface area contributed by atoms with Gasteiger partial charge in [0.05, 0.1) is 6.54 Å². The summed E-state index contributed by atoms with van der Waals surface area (Å²) in [5.74, 6) is 2.04. The van der Waals surface area contributed by atoms with Gasteiger partial charge in [-0.3, -0.25) is 14.8 Å². The Morgan fingerprint density at radius 1 is 1.35 bits per heavy atom. The second-order valence-corrected chi connectivity index (χ2v) is 6.28. The Morgan fingerprint density at radius 2 is 2.13 bits per heavy atom. The number of carbonyl (C=O) groups is 1.